The summed E-state index contributed by atoms with van der Waals surface area (Å²) in [6.07, 6.45) is 3.02. The number of nitrogens with zero attached hydrogens (tertiary/aromatic N) is 3. The Balaban J connectivity index is 2.46. The van der Waals surface area contributed by atoms with Gasteiger partial charge in [0.1, 0.15) is 11.9 Å². The number of aromatic nitrogens is 2. The van der Waals surface area contributed by atoms with E-state index < -0.39 is 35.0 Å². The van der Waals surface area contributed by atoms with Crippen molar-refractivity contribution in [1.29, 1.82) is 0 Å². The first-order valence-corrected chi connectivity index (χ1v) is 9.06. The Hall–Kier alpha value is -2.88. The van der Waals surface area contributed by atoms with Crippen LogP contribution in [0.3, 0.4) is 0 Å². The van der Waals surface area contributed by atoms with Gasteiger partial charge in [-0.3, -0.25) is 19.1 Å². The molecule has 0 bridgehead atoms. The number of fused-ring (bicyclic) bond motifs is 1. The molecular weight excluding hydrogens is 368 g/mol. The first-order chi connectivity index (χ1) is 13.3. The summed E-state index contributed by atoms with van der Waals surface area (Å²) in [5.41, 5.74) is -1.20. The van der Waals surface area contributed by atoms with Gasteiger partial charge >= 0.3 is 6.09 Å². The number of carboxylic acid groups (broad SMARTS) is 1. The van der Waals surface area contributed by atoms with Gasteiger partial charge < -0.3 is 20.3 Å². The van der Waals surface area contributed by atoms with Gasteiger partial charge in [-0.1, -0.05) is 19.1 Å². The molecule has 0 radical (unpaired) electrons. The van der Waals surface area contributed by atoms with E-state index in [1.54, 1.807) is 0 Å². The highest BCUT2D eigenvalue weighted by atomic mass is 16.5. The lowest BCUT2D eigenvalue weighted by molar-refractivity contribution is 0.0508. The van der Waals surface area contributed by atoms with E-state index in [1.807, 2.05) is 26.0 Å². The Morgan fingerprint density at radius 1 is 1.50 bits per heavy atom. The van der Waals surface area contributed by atoms with Crippen LogP contribution in [-0.4, -0.2) is 63.5 Å². The molecule has 1 aliphatic heterocycles. The molecule has 0 saturated heterocycles. The van der Waals surface area contributed by atoms with Gasteiger partial charge in [0.2, 0.25) is 5.75 Å². The number of rotatable bonds is 5. The third-order valence-corrected chi connectivity index (χ3v) is 4.51. The summed E-state index contributed by atoms with van der Waals surface area (Å²) >= 11 is 0. The number of allylic oxidation sites excluding steroid dienone is 1. The molecule has 0 saturated carbocycles. The Morgan fingerprint density at radius 2 is 2.21 bits per heavy atom. The van der Waals surface area contributed by atoms with E-state index in [4.69, 9.17) is 4.74 Å². The minimum Gasteiger partial charge on any atom is -0.501 e. The van der Waals surface area contributed by atoms with E-state index >= 15 is 0 Å². The van der Waals surface area contributed by atoms with Crippen molar-refractivity contribution in [2.24, 2.45) is 5.92 Å². The average molecular weight is 394 g/mol. The number of hydrogen-bond acceptors (Lipinski definition) is 6. The summed E-state index contributed by atoms with van der Waals surface area (Å²) in [7, 11) is 1.33. The molecule has 154 valence electrons. The zero-order valence-electron chi connectivity index (χ0n) is 16.2. The van der Waals surface area contributed by atoms with Crippen LogP contribution in [0.1, 0.15) is 42.6 Å². The monoisotopic (exact) mass is 394 g/mol. The second-order valence-corrected chi connectivity index (χ2v) is 6.67. The standard InChI is InChI=1S/C18H26N4O6/c1-4-6-11(2)9-19-16(24)13-14(23)17(25)22-7-5-8-28-10-12(15(22)20-13)21(3)18(26)27/h4,6,11-12,23H,5,7-10H2,1-3H3,(H,19,24)(H,26,27)/b6-4-/t11?,12-/m0/s1. The van der Waals surface area contributed by atoms with Crippen LogP contribution in [0.4, 0.5) is 4.79 Å². The van der Waals surface area contributed by atoms with Crippen LogP contribution in [0.5, 0.6) is 5.75 Å². The van der Waals surface area contributed by atoms with E-state index in [1.165, 1.54) is 11.6 Å². The fourth-order valence-electron chi connectivity index (χ4n) is 2.94. The van der Waals surface area contributed by atoms with E-state index in [9.17, 15) is 24.6 Å². The predicted molar refractivity (Wildman–Crippen MR) is 100 cm³/mol. The third kappa shape index (κ3) is 4.69. The SMILES string of the molecule is C/C=C\C(C)CNC(=O)c1nc2n(c(=O)c1O)CCCOC[C@@H]2N(C)C(=O)O. The van der Waals surface area contributed by atoms with Crippen LogP contribution in [0, 0.1) is 5.92 Å². The Morgan fingerprint density at radius 3 is 2.86 bits per heavy atom. The van der Waals surface area contributed by atoms with Crippen LogP contribution < -0.4 is 10.9 Å². The lowest BCUT2D eigenvalue weighted by atomic mass is 10.1. The summed E-state index contributed by atoms with van der Waals surface area (Å²) in [5, 5.41) is 22.2. The lowest BCUT2D eigenvalue weighted by Gasteiger charge is -2.29. The van der Waals surface area contributed by atoms with Crippen LogP contribution in [-0.2, 0) is 11.3 Å². The fourth-order valence-corrected chi connectivity index (χ4v) is 2.94. The molecule has 2 atom stereocenters. The molecule has 1 unspecified atom stereocenters. The zero-order chi connectivity index (χ0) is 20.8. The summed E-state index contributed by atoms with van der Waals surface area (Å²) in [6.45, 7) is 4.57. The van der Waals surface area contributed by atoms with Crippen molar-refractivity contribution in [2.75, 3.05) is 26.8 Å². The van der Waals surface area contributed by atoms with Crippen molar-refractivity contribution in [3.8, 4) is 5.75 Å². The number of amides is 2. The van der Waals surface area contributed by atoms with Crippen molar-refractivity contribution in [3.05, 3.63) is 34.0 Å². The van der Waals surface area contributed by atoms with Crippen LogP contribution in [0.25, 0.3) is 0 Å². The fraction of sp³-hybridized carbons (Fsp3) is 0.556. The first-order valence-electron chi connectivity index (χ1n) is 9.06. The predicted octanol–water partition coefficient (Wildman–Crippen LogP) is 0.962. The number of nitrogens with one attached hydrogen (secondary N) is 1. The van der Waals surface area contributed by atoms with Crippen molar-refractivity contribution in [2.45, 2.75) is 32.9 Å². The van der Waals surface area contributed by atoms with Gasteiger partial charge in [-0.05, 0) is 19.3 Å². The van der Waals surface area contributed by atoms with Gasteiger partial charge in [0, 0.05) is 26.7 Å². The highest BCUT2D eigenvalue weighted by molar-refractivity contribution is 5.94. The molecular formula is C18H26N4O6. The second kappa shape index (κ2) is 9.36. The van der Waals surface area contributed by atoms with Gasteiger partial charge in [0.05, 0.1) is 6.61 Å². The topological polar surface area (TPSA) is 134 Å². The lowest BCUT2D eigenvalue weighted by Crippen LogP contribution is -2.41. The summed E-state index contributed by atoms with van der Waals surface area (Å²) in [4.78, 5) is 41.8. The summed E-state index contributed by atoms with van der Waals surface area (Å²) < 4.78 is 6.67. The molecule has 10 nitrogen and oxygen atoms in total. The third-order valence-electron chi connectivity index (χ3n) is 4.51. The van der Waals surface area contributed by atoms with E-state index in [2.05, 4.69) is 10.3 Å². The number of ether oxygens (including phenoxy) is 1. The van der Waals surface area contributed by atoms with Gasteiger partial charge in [-0.2, -0.15) is 0 Å². The highest BCUT2D eigenvalue weighted by Gasteiger charge is 2.31. The van der Waals surface area contributed by atoms with Gasteiger partial charge in [-0.25, -0.2) is 9.78 Å². The summed E-state index contributed by atoms with van der Waals surface area (Å²) in [6, 6.07) is -0.889. The first kappa shape index (κ1) is 21.4. The smallest absolute Gasteiger partial charge is 0.407 e. The van der Waals surface area contributed by atoms with Gasteiger partial charge in [0.15, 0.2) is 5.69 Å². The molecule has 1 aromatic rings. The molecule has 0 fully saturated rings. The van der Waals surface area contributed by atoms with Crippen molar-refractivity contribution in [1.82, 2.24) is 19.8 Å². The number of likely N-dealkylation sites (N-methyl/N-ethyl adjacent to an activating group) is 1. The van der Waals surface area contributed by atoms with E-state index in [0.29, 0.717) is 19.6 Å². The Labute approximate surface area is 162 Å². The van der Waals surface area contributed by atoms with E-state index in [0.717, 1.165) is 4.90 Å². The minimum absolute atomic E-state index is 0.0145. The molecule has 0 spiro atoms. The van der Waals surface area contributed by atoms with E-state index in [-0.39, 0.29) is 24.9 Å². The van der Waals surface area contributed by atoms with Crippen molar-refractivity contribution < 1.29 is 24.5 Å². The molecule has 1 aromatic heterocycles. The Bertz CT molecular complexity index is 819. The Kier molecular flexibility index (Phi) is 7.16. The highest BCUT2D eigenvalue weighted by Crippen LogP contribution is 2.22. The van der Waals surface area contributed by atoms with Gasteiger partial charge in [-0.15, -0.1) is 0 Å². The molecule has 28 heavy (non-hydrogen) atoms. The maximum Gasteiger partial charge on any atom is 0.407 e. The van der Waals surface area contributed by atoms with Crippen LogP contribution in [0.15, 0.2) is 16.9 Å². The number of carbonyl (C=O) groups is 2. The van der Waals surface area contributed by atoms with Crippen molar-refractivity contribution in [3.63, 3.8) is 0 Å². The maximum atomic E-state index is 12.7. The molecule has 3 N–H and O–H groups in total. The number of carbonyl (C=O) groups excluding carboxylic acids is 1. The number of aromatic hydroxyl groups is 1. The molecule has 0 aromatic carbocycles. The molecule has 1 aliphatic rings. The molecule has 2 rings (SSSR count). The largest absolute Gasteiger partial charge is 0.501 e. The minimum atomic E-state index is -1.23. The molecule has 2 amide bonds. The normalized spacial score (nSPS) is 18.0. The van der Waals surface area contributed by atoms with Crippen molar-refractivity contribution >= 4 is 12.0 Å². The second-order valence-electron chi connectivity index (χ2n) is 6.67. The quantitative estimate of drug-likeness (QED) is 0.633. The average Bonchev–Trinajstić information content (AvgIpc) is 2.63. The maximum absolute atomic E-state index is 12.7. The van der Waals surface area contributed by atoms with Crippen LogP contribution >= 0.6 is 0 Å². The molecule has 10 heteroatoms. The zero-order valence-corrected chi connectivity index (χ0v) is 16.2. The van der Waals surface area contributed by atoms with Gasteiger partial charge in [0.25, 0.3) is 11.5 Å². The number of hydrogen-bond donors (Lipinski definition) is 3. The summed E-state index contributed by atoms with van der Waals surface area (Å²) in [5.74, 6) is -1.33. The molecule has 0 aliphatic carbocycles. The molecule has 2 heterocycles. The van der Waals surface area contributed by atoms with Crippen LogP contribution in [0.2, 0.25) is 0 Å².